The van der Waals surface area contributed by atoms with Crippen molar-refractivity contribution in [3.8, 4) is 0 Å². The highest BCUT2D eigenvalue weighted by Crippen LogP contribution is 2.29. The van der Waals surface area contributed by atoms with Crippen LogP contribution < -0.4 is 5.32 Å². The summed E-state index contributed by atoms with van der Waals surface area (Å²) in [6.45, 7) is 1.23. The SMILES string of the molecule is O=C(NCc1cccc(F)c1)OC1(O)CCCN(CC2CCCCC2)C1=O. The topological polar surface area (TPSA) is 78.9 Å². The van der Waals surface area contributed by atoms with Gasteiger partial charge in [0, 0.05) is 26.1 Å². The number of hydrogen-bond acceptors (Lipinski definition) is 4. The van der Waals surface area contributed by atoms with Crippen molar-refractivity contribution in [2.24, 2.45) is 5.92 Å². The van der Waals surface area contributed by atoms with Crippen LogP contribution >= 0.6 is 0 Å². The standard InChI is InChI=1S/C20H27FN2O4/c21-17-9-4-8-16(12-17)13-22-19(25)27-20(26)10-5-11-23(18(20)24)14-15-6-2-1-3-7-15/h4,8-9,12,15,26H,1-3,5-7,10-11,13-14H2,(H,22,25). The molecule has 2 aliphatic rings. The van der Waals surface area contributed by atoms with Crippen molar-refractivity contribution in [3.05, 3.63) is 35.6 Å². The van der Waals surface area contributed by atoms with Crippen LogP contribution in [-0.2, 0) is 16.1 Å². The highest BCUT2D eigenvalue weighted by Gasteiger charge is 2.46. The molecule has 0 bridgehead atoms. The molecule has 2 amide bonds. The first-order valence-electron chi connectivity index (χ1n) is 9.69. The second kappa shape index (κ2) is 8.69. The van der Waals surface area contributed by atoms with Crippen molar-refractivity contribution >= 4 is 12.0 Å². The van der Waals surface area contributed by atoms with E-state index in [-0.39, 0.29) is 13.0 Å². The molecule has 1 saturated heterocycles. The molecule has 1 aromatic carbocycles. The first-order valence-corrected chi connectivity index (χ1v) is 9.69. The van der Waals surface area contributed by atoms with Crippen LogP contribution in [0.5, 0.6) is 0 Å². The Balaban J connectivity index is 1.53. The fourth-order valence-electron chi connectivity index (χ4n) is 3.93. The molecular weight excluding hydrogens is 351 g/mol. The average molecular weight is 378 g/mol. The van der Waals surface area contributed by atoms with Crippen LogP contribution in [0.2, 0.25) is 0 Å². The van der Waals surface area contributed by atoms with E-state index in [1.54, 1.807) is 17.0 Å². The third kappa shape index (κ3) is 5.19. The Morgan fingerprint density at radius 3 is 2.81 bits per heavy atom. The molecule has 1 aromatic rings. The van der Waals surface area contributed by atoms with Gasteiger partial charge in [0.2, 0.25) is 0 Å². The summed E-state index contributed by atoms with van der Waals surface area (Å²) < 4.78 is 18.3. The molecule has 0 aromatic heterocycles. The zero-order valence-corrected chi connectivity index (χ0v) is 15.5. The lowest BCUT2D eigenvalue weighted by Crippen LogP contribution is -2.57. The maximum atomic E-state index is 13.2. The molecule has 27 heavy (non-hydrogen) atoms. The second-order valence-electron chi connectivity index (χ2n) is 7.52. The van der Waals surface area contributed by atoms with Gasteiger partial charge in [-0.2, -0.15) is 0 Å². The number of piperidine rings is 1. The highest BCUT2D eigenvalue weighted by atomic mass is 19.1. The third-order valence-corrected chi connectivity index (χ3v) is 5.36. The minimum atomic E-state index is -2.13. The van der Waals surface area contributed by atoms with Crippen LogP contribution in [-0.4, -0.2) is 40.9 Å². The van der Waals surface area contributed by atoms with Gasteiger partial charge in [-0.3, -0.25) is 4.79 Å². The van der Waals surface area contributed by atoms with Crippen LogP contribution in [0.1, 0.15) is 50.5 Å². The summed E-state index contributed by atoms with van der Waals surface area (Å²) in [5.74, 6) is -2.62. The predicted molar refractivity (Wildman–Crippen MR) is 97.1 cm³/mol. The molecule has 7 heteroatoms. The molecule has 1 heterocycles. The van der Waals surface area contributed by atoms with E-state index in [1.165, 1.54) is 31.4 Å². The number of carbonyl (C=O) groups is 2. The van der Waals surface area contributed by atoms with Crippen molar-refractivity contribution in [2.75, 3.05) is 13.1 Å². The zero-order chi connectivity index (χ0) is 19.3. The van der Waals surface area contributed by atoms with Crippen LogP contribution in [0, 0.1) is 11.7 Å². The molecule has 1 unspecified atom stereocenters. The van der Waals surface area contributed by atoms with Crippen LogP contribution in [0.3, 0.4) is 0 Å². The van der Waals surface area contributed by atoms with E-state index < -0.39 is 23.6 Å². The number of aliphatic hydroxyl groups is 1. The molecule has 3 rings (SSSR count). The van der Waals surface area contributed by atoms with Gasteiger partial charge in [0.05, 0.1) is 0 Å². The van der Waals surface area contributed by atoms with Gasteiger partial charge in [-0.25, -0.2) is 9.18 Å². The van der Waals surface area contributed by atoms with E-state index in [2.05, 4.69) is 5.32 Å². The first kappa shape index (κ1) is 19.6. The van der Waals surface area contributed by atoms with E-state index in [0.717, 1.165) is 12.8 Å². The predicted octanol–water partition coefficient (Wildman–Crippen LogP) is 2.94. The quantitative estimate of drug-likeness (QED) is 0.772. The Morgan fingerprint density at radius 2 is 2.07 bits per heavy atom. The Hall–Kier alpha value is -2.15. The summed E-state index contributed by atoms with van der Waals surface area (Å²) >= 11 is 0. The largest absolute Gasteiger partial charge is 0.410 e. The van der Waals surface area contributed by atoms with Gasteiger partial charge in [0.15, 0.2) is 0 Å². The number of amides is 2. The highest BCUT2D eigenvalue weighted by molar-refractivity contribution is 5.86. The molecule has 1 atom stereocenters. The number of rotatable bonds is 5. The monoisotopic (exact) mass is 378 g/mol. The van der Waals surface area contributed by atoms with E-state index in [0.29, 0.717) is 31.0 Å². The molecular formula is C20H27FN2O4. The lowest BCUT2D eigenvalue weighted by Gasteiger charge is -2.39. The molecule has 2 N–H and O–H groups in total. The van der Waals surface area contributed by atoms with Gasteiger partial charge in [0.1, 0.15) is 5.82 Å². The minimum absolute atomic E-state index is 0.0483. The van der Waals surface area contributed by atoms with Crippen molar-refractivity contribution in [1.29, 1.82) is 0 Å². The summed E-state index contributed by atoms with van der Waals surface area (Å²) in [5, 5.41) is 13.1. The van der Waals surface area contributed by atoms with E-state index in [1.807, 2.05) is 0 Å². The minimum Gasteiger partial charge on any atom is -0.407 e. The van der Waals surface area contributed by atoms with E-state index >= 15 is 0 Å². The fourth-order valence-corrected chi connectivity index (χ4v) is 3.93. The van der Waals surface area contributed by atoms with Crippen LogP contribution in [0.15, 0.2) is 24.3 Å². The number of carbonyl (C=O) groups excluding carboxylic acids is 2. The molecule has 1 aliphatic heterocycles. The maximum absolute atomic E-state index is 13.2. The third-order valence-electron chi connectivity index (χ3n) is 5.36. The van der Waals surface area contributed by atoms with Gasteiger partial charge >= 0.3 is 6.09 Å². The lowest BCUT2D eigenvalue weighted by molar-refractivity contribution is -0.206. The summed E-state index contributed by atoms with van der Waals surface area (Å²) in [7, 11) is 0. The maximum Gasteiger partial charge on any atom is 0.410 e. The molecule has 148 valence electrons. The van der Waals surface area contributed by atoms with Gasteiger partial charge in [-0.05, 0) is 42.9 Å². The van der Waals surface area contributed by atoms with Crippen LogP contribution in [0.4, 0.5) is 9.18 Å². The molecule has 6 nitrogen and oxygen atoms in total. The van der Waals surface area contributed by atoms with Crippen molar-refractivity contribution < 1.29 is 23.8 Å². The second-order valence-corrected chi connectivity index (χ2v) is 7.52. The normalized spacial score (nSPS) is 23.9. The smallest absolute Gasteiger partial charge is 0.407 e. The van der Waals surface area contributed by atoms with Crippen LogP contribution in [0.25, 0.3) is 0 Å². The zero-order valence-electron chi connectivity index (χ0n) is 15.5. The number of halogens is 1. The number of benzene rings is 1. The first-order chi connectivity index (χ1) is 13.0. The fraction of sp³-hybridized carbons (Fsp3) is 0.600. The Morgan fingerprint density at radius 1 is 1.30 bits per heavy atom. The average Bonchev–Trinajstić information content (AvgIpc) is 2.65. The number of likely N-dealkylation sites (tertiary alicyclic amines) is 1. The molecule has 0 spiro atoms. The summed E-state index contributed by atoms with van der Waals surface area (Å²) in [6, 6.07) is 5.81. The number of nitrogens with zero attached hydrogens (tertiary/aromatic N) is 1. The number of hydrogen-bond donors (Lipinski definition) is 2. The summed E-state index contributed by atoms with van der Waals surface area (Å²) in [4.78, 5) is 26.4. The number of nitrogens with one attached hydrogen (secondary N) is 1. The van der Waals surface area contributed by atoms with Gasteiger partial charge in [-0.15, -0.1) is 0 Å². The van der Waals surface area contributed by atoms with E-state index in [4.69, 9.17) is 4.74 Å². The molecule has 0 radical (unpaired) electrons. The molecule has 1 aliphatic carbocycles. The number of ether oxygens (including phenoxy) is 1. The van der Waals surface area contributed by atoms with Crippen molar-refractivity contribution in [1.82, 2.24) is 10.2 Å². The van der Waals surface area contributed by atoms with Gasteiger partial charge in [-0.1, -0.05) is 31.4 Å². The Labute approximate surface area is 158 Å². The summed E-state index contributed by atoms with van der Waals surface area (Å²) in [5.41, 5.74) is 0.563. The van der Waals surface area contributed by atoms with Crippen molar-refractivity contribution in [2.45, 2.75) is 57.3 Å². The van der Waals surface area contributed by atoms with Crippen molar-refractivity contribution in [3.63, 3.8) is 0 Å². The molecule has 1 saturated carbocycles. The lowest BCUT2D eigenvalue weighted by atomic mass is 9.88. The van der Waals surface area contributed by atoms with Gasteiger partial charge in [0.25, 0.3) is 11.7 Å². The van der Waals surface area contributed by atoms with E-state index in [9.17, 15) is 19.1 Å². The molecule has 2 fully saturated rings. The number of alkyl carbamates (subject to hydrolysis) is 1. The Kier molecular flexibility index (Phi) is 6.31. The summed E-state index contributed by atoms with van der Waals surface area (Å²) in [6.07, 6.45) is 5.55. The van der Waals surface area contributed by atoms with Gasteiger partial charge < -0.3 is 20.1 Å². The Bertz CT molecular complexity index is 678.